The van der Waals surface area contributed by atoms with E-state index in [9.17, 15) is 9.90 Å². The first-order valence-corrected chi connectivity index (χ1v) is 7.00. The molecule has 2 atom stereocenters. The number of aliphatic hydroxyl groups is 1. The maximum atomic E-state index is 12.3. The number of rotatable bonds is 2. The summed E-state index contributed by atoms with van der Waals surface area (Å²) >= 11 is 5.96. The van der Waals surface area contributed by atoms with E-state index in [1.807, 2.05) is 24.3 Å². The molecular weight excluding hydrogens is 290 g/mol. The highest BCUT2D eigenvalue weighted by Crippen LogP contribution is 2.31. The molecule has 0 bridgehead atoms. The molecule has 21 heavy (non-hydrogen) atoms. The van der Waals surface area contributed by atoms with E-state index in [4.69, 9.17) is 11.6 Å². The van der Waals surface area contributed by atoms with Crippen LogP contribution in [0.2, 0.25) is 5.02 Å². The molecule has 0 spiro atoms. The number of aliphatic hydroxyl groups excluding tert-OH is 1. The van der Waals surface area contributed by atoms with E-state index in [1.165, 1.54) is 6.20 Å². The Bertz CT molecular complexity index is 705. The lowest BCUT2D eigenvalue weighted by molar-refractivity contribution is 0.0853. The topological polar surface area (TPSA) is 75.1 Å². The van der Waals surface area contributed by atoms with Crippen LogP contribution in [0.25, 0.3) is 0 Å². The third-order valence-corrected chi connectivity index (χ3v) is 3.85. The quantitative estimate of drug-likeness (QED) is 0.887. The number of amides is 1. The zero-order valence-corrected chi connectivity index (χ0v) is 12.1. The zero-order chi connectivity index (χ0) is 15.0. The summed E-state index contributed by atoms with van der Waals surface area (Å²) in [5, 5.41) is 13.1. The fraction of sp³-hybridized carbons (Fsp3) is 0.267. The van der Waals surface area contributed by atoms with Gasteiger partial charge >= 0.3 is 0 Å². The SMILES string of the molecule is Cc1ncc(Cl)c(C(=O)NC2c3ccccc3CC2O)n1. The van der Waals surface area contributed by atoms with E-state index in [0.29, 0.717) is 12.2 Å². The van der Waals surface area contributed by atoms with E-state index < -0.39 is 18.1 Å². The van der Waals surface area contributed by atoms with Crippen molar-refractivity contribution in [2.24, 2.45) is 0 Å². The van der Waals surface area contributed by atoms with Crippen molar-refractivity contribution >= 4 is 17.5 Å². The number of benzene rings is 1. The lowest BCUT2D eigenvalue weighted by atomic mass is 10.1. The molecule has 1 aliphatic carbocycles. The number of carbonyl (C=O) groups excluding carboxylic acids is 1. The highest BCUT2D eigenvalue weighted by atomic mass is 35.5. The molecular formula is C15H14ClN3O2. The zero-order valence-electron chi connectivity index (χ0n) is 11.4. The minimum absolute atomic E-state index is 0.126. The summed E-state index contributed by atoms with van der Waals surface area (Å²) in [6.07, 6.45) is 1.28. The third kappa shape index (κ3) is 2.62. The van der Waals surface area contributed by atoms with Crippen molar-refractivity contribution in [3.8, 4) is 0 Å². The molecule has 0 saturated heterocycles. The van der Waals surface area contributed by atoms with Crippen LogP contribution in [0.1, 0.15) is 33.5 Å². The van der Waals surface area contributed by atoms with E-state index in [2.05, 4.69) is 15.3 Å². The summed E-state index contributed by atoms with van der Waals surface area (Å²) in [6.45, 7) is 1.69. The van der Waals surface area contributed by atoms with E-state index in [1.54, 1.807) is 6.92 Å². The second-order valence-electron chi connectivity index (χ2n) is 5.04. The summed E-state index contributed by atoms with van der Waals surface area (Å²) < 4.78 is 0. The van der Waals surface area contributed by atoms with Gasteiger partial charge in [0, 0.05) is 6.42 Å². The second-order valence-corrected chi connectivity index (χ2v) is 5.44. The molecule has 1 aromatic carbocycles. The minimum Gasteiger partial charge on any atom is -0.390 e. The van der Waals surface area contributed by atoms with Gasteiger partial charge in [0.05, 0.1) is 23.4 Å². The molecule has 2 N–H and O–H groups in total. The molecule has 108 valence electrons. The molecule has 0 radical (unpaired) electrons. The number of hydrogen-bond acceptors (Lipinski definition) is 4. The van der Waals surface area contributed by atoms with Crippen molar-refractivity contribution in [3.63, 3.8) is 0 Å². The van der Waals surface area contributed by atoms with Crippen molar-refractivity contribution < 1.29 is 9.90 Å². The Labute approximate surface area is 127 Å². The van der Waals surface area contributed by atoms with Crippen molar-refractivity contribution in [2.45, 2.75) is 25.5 Å². The number of carbonyl (C=O) groups is 1. The van der Waals surface area contributed by atoms with Gasteiger partial charge in [0.1, 0.15) is 11.5 Å². The van der Waals surface area contributed by atoms with E-state index in [-0.39, 0.29) is 10.7 Å². The maximum absolute atomic E-state index is 12.3. The number of aromatic nitrogens is 2. The number of nitrogens with one attached hydrogen (secondary N) is 1. The summed E-state index contributed by atoms with van der Waals surface area (Å²) in [6, 6.07) is 7.22. The van der Waals surface area contributed by atoms with Gasteiger partial charge in [0.15, 0.2) is 0 Å². The highest BCUT2D eigenvalue weighted by molar-refractivity contribution is 6.33. The largest absolute Gasteiger partial charge is 0.390 e. The van der Waals surface area contributed by atoms with E-state index >= 15 is 0 Å². The van der Waals surface area contributed by atoms with Gasteiger partial charge in [-0.25, -0.2) is 9.97 Å². The molecule has 2 aromatic rings. The Morgan fingerprint density at radius 2 is 2.19 bits per heavy atom. The van der Waals surface area contributed by atoms with Gasteiger partial charge in [0.25, 0.3) is 5.91 Å². The summed E-state index contributed by atoms with van der Waals surface area (Å²) in [5.74, 6) is 0.0585. The Hall–Kier alpha value is -1.98. The molecule has 2 unspecified atom stereocenters. The van der Waals surface area contributed by atoms with Crippen LogP contribution in [0, 0.1) is 6.92 Å². The van der Waals surface area contributed by atoms with Crippen molar-refractivity contribution in [1.82, 2.24) is 15.3 Å². The number of hydrogen-bond donors (Lipinski definition) is 2. The average molecular weight is 304 g/mol. The monoisotopic (exact) mass is 303 g/mol. The molecule has 0 fully saturated rings. The van der Waals surface area contributed by atoms with Gasteiger partial charge in [-0.1, -0.05) is 35.9 Å². The number of nitrogens with zero attached hydrogens (tertiary/aromatic N) is 2. The molecule has 6 heteroatoms. The van der Waals surface area contributed by atoms with Gasteiger partial charge in [-0.05, 0) is 18.1 Å². The first-order chi connectivity index (χ1) is 10.1. The van der Waals surface area contributed by atoms with Crippen LogP contribution in [0.4, 0.5) is 0 Å². The Morgan fingerprint density at radius 3 is 3.00 bits per heavy atom. The second kappa shape index (κ2) is 5.42. The minimum atomic E-state index is -0.645. The third-order valence-electron chi connectivity index (χ3n) is 3.57. The lowest BCUT2D eigenvalue weighted by Gasteiger charge is -2.18. The Kier molecular flexibility index (Phi) is 3.61. The number of halogens is 1. The van der Waals surface area contributed by atoms with Crippen LogP contribution in [-0.2, 0) is 6.42 Å². The van der Waals surface area contributed by atoms with E-state index in [0.717, 1.165) is 11.1 Å². The molecule has 1 heterocycles. The molecule has 0 aliphatic heterocycles. The predicted octanol–water partition coefficient (Wildman–Crippen LogP) is 1.83. The van der Waals surface area contributed by atoms with Crippen LogP contribution >= 0.6 is 11.6 Å². The van der Waals surface area contributed by atoms with Crippen LogP contribution in [0.5, 0.6) is 0 Å². The molecule has 1 amide bonds. The van der Waals surface area contributed by atoms with Crippen molar-refractivity contribution in [3.05, 3.63) is 58.1 Å². The van der Waals surface area contributed by atoms with Gasteiger partial charge in [-0.3, -0.25) is 4.79 Å². The summed E-state index contributed by atoms with van der Waals surface area (Å²) in [4.78, 5) is 20.3. The molecule has 5 nitrogen and oxygen atoms in total. The lowest BCUT2D eigenvalue weighted by Crippen LogP contribution is -2.34. The fourth-order valence-corrected chi connectivity index (χ4v) is 2.75. The van der Waals surface area contributed by atoms with Crippen LogP contribution < -0.4 is 5.32 Å². The average Bonchev–Trinajstić information content (AvgIpc) is 2.78. The fourth-order valence-electron chi connectivity index (χ4n) is 2.57. The number of fused-ring (bicyclic) bond motifs is 1. The van der Waals surface area contributed by atoms with Crippen LogP contribution in [0.3, 0.4) is 0 Å². The number of aryl methyl sites for hydroxylation is 1. The van der Waals surface area contributed by atoms with Crippen molar-refractivity contribution in [2.75, 3.05) is 0 Å². The maximum Gasteiger partial charge on any atom is 0.272 e. The summed E-state index contributed by atoms with van der Waals surface area (Å²) in [7, 11) is 0. The standard InChI is InChI=1S/C15H14ClN3O2/c1-8-17-7-11(16)14(18-8)15(21)19-13-10-5-3-2-4-9(10)6-12(13)20/h2-5,7,12-13,20H,6H2,1H3,(H,19,21). The Balaban J connectivity index is 1.87. The molecule has 1 aliphatic rings. The first-order valence-electron chi connectivity index (χ1n) is 6.62. The molecule has 1 aromatic heterocycles. The predicted molar refractivity (Wildman–Crippen MR) is 78.1 cm³/mol. The summed E-state index contributed by atoms with van der Waals surface area (Å²) in [5.41, 5.74) is 2.10. The molecule has 0 saturated carbocycles. The van der Waals surface area contributed by atoms with Crippen LogP contribution in [0.15, 0.2) is 30.5 Å². The highest BCUT2D eigenvalue weighted by Gasteiger charge is 2.32. The van der Waals surface area contributed by atoms with Gasteiger partial charge in [0.2, 0.25) is 0 Å². The normalized spacial score (nSPS) is 20.1. The van der Waals surface area contributed by atoms with Gasteiger partial charge < -0.3 is 10.4 Å². The smallest absolute Gasteiger partial charge is 0.272 e. The molecule has 3 rings (SSSR count). The van der Waals surface area contributed by atoms with Gasteiger partial charge in [-0.2, -0.15) is 0 Å². The van der Waals surface area contributed by atoms with Gasteiger partial charge in [-0.15, -0.1) is 0 Å². The Morgan fingerprint density at radius 1 is 1.43 bits per heavy atom. The van der Waals surface area contributed by atoms with Crippen LogP contribution in [-0.4, -0.2) is 27.1 Å². The first kappa shape index (κ1) is 14.0. The van der Waals surface area contributed by atoms with Crippen molar-refractivity contribution in [1.29, 1.82) is 0 Å².